The highest BCUT2D eigenvalue weighted by atomic mass is 32.1. The second-order valence-corrected chi connectivity index (χ2v) is 5.88. The van der Waals surface area contributed by atoms with Gasteiger partial charge in [-0.3, -0.25) is 0 Å². The minimum absolute atomic E-state index is 0.624. The number of aromatic nitrogens is 1. The van der Waals surface area contributed by atoms with Gasteiger partial charge in [0, 0.05) is 24.0 Å². The number of thiazole rings is 1. The van der Waals surface area contributed by atoms with Crippen LogP contribution in [-0.4, -0.2) is 17.6 Å². The molecule has 1 aromatic heterocycles. The molecule has 4 heteroatoms. The Bertz CT molecular complexity index is 340. The molecule has 1 aliphatic heterocycles. The molecule has 0 amide bonds. The summed E-state index contributed by atoms with van der Waals surface area (Å²) >= 11 is 1.79. The fraction of sp³-hybridized carbons (Fsp3) is 0.769. The van der Waals surface area contributed by atoms with Crippen LogP contribution in [0.15, 0.2) is 0 Å². The summed E-state index contributed by atoms with van der Waals surface area (Å²) in [6, 6.07) is 0.624. The maximum Gasteiger partial charge on any atom is 0.186 e. The van der Waals surface area contributed by atoms with Crippen molar-refractivity contribution in [1.82, 2.24) is 4.98 Å². The molecule has 2 rings (SSSR count). The van der Waals surface area contributed by atoms with E-state index in [1.54, 1.807) is 11.3 Å². The molecule has 0 radical (unpaired) electrons. The first kappa shape index (κ1) is 12.8. The number of nitrogens with zero attached hydrogens (tertiary/aromatic N) is 2. The lowest BCUT2D eigenvalue weighted by molar-refractivity contribution is 0.614. The highest BCUT2D eigenvalue weighted by Crippen LogP contribution is 2.30. The zero-order chi connectivity index (χ0) is 12.3. The number of nitrogens with two attached hydrogens (primary N) is 1. The van der Waals surface area contributed by atoms with E-state index in [0.29, 0.717) is 12.6 Å². The summed E-state index contributed by atoms with van der Waals surface area (Å²) < 4.78 is 0. The van der Waals surface area contributed by atoms with Crippen molar-refractivity contribution in [3.05, 3.63) is 10.6 Å². The topological polar surface area (TPSA) is 42.2 Å². The lowest BCUT2D eigenvalue weighted by Gasteiger charge is -2.26. The van der Waals surface area contributed by atoms with E-state index in [4.69, 9.17) is 10.7 Å². The van der Waals surface area contributed by atoms with E-state index in [0.717, 1.165) is 13.0 Å². The molecule has 17 heavy (non-hydrogen) atoms. The first-order chi connectivity index (χ1) is 8.26. The first-order valence-electron chi connectivity index (χ1n) is 6.71. The van der Waals surface area contributed by atoms with Gasteiger partial charge in [-0.05, 0) is 26.2 Å². The molecule has 96 valence electrons. The predicted molar refractivity (Wildman–Crippen MR) is 74.7 cm³/mol. The zero-order valence-corrected chi connectivity index (χ0v) is 11.7. The normalized spacial score (nSPS) is 21.6. The van der Waals surface area contributed by atoms with Gasteiger partial charge in [-0.2, -0.15) is 0 Å². The lowest BCUT2D eigenvalue weighted by atomic mass is 10.1. The molecule has 0 aromatic carbocycles. The van der Waals surface area contributed by atoms with Crippen LogP contribution >= 0.6 is 11.3 Å². The summed E-state index contributed by atoms with van der Waals surface area (Å²) in [5.74, 6) is 0. The maximum atomic E-state index is 5.79. The second-order valence-electron chi connectivity index (χ2n) is 4.82. The monoisotopic (exact) mass is 253 g/mol. The standard InChI is InChI=1S/C13H23N3S/c1-3-11-12(9-14)17-13(15-11)16-8-6-4-5-7-10(16)2/h10H,3-9,14H2,1-2H3. The van der Waals surface area contributed by atoms with Crippen LogP contribution in [0.4, 0.5) is 5.13 Å². The van der Waals surface area contributed by atoms with Gasteiger partial charge >= 0.3 is 0 Å². The molecule has 0 aliphatic carbocycles. The summed E-state index contributed by atoms with van der Waals surface area (Å²) in [6.07, 6.45) is 6.29. The smallest absolute Gasteiger partial charge is 0.186 e. The Morgan fingerprint density at radius 3 is 2.88 bits per heavy atom. The molecule has 0 spiro atoms. The SMILES string of the molecule is CCc1nc(N2CCCCCC2C)sc1CN. The third-order valence-corrected chi connectivity index (χ3v) is 4.74. The predicted octanol–water partition coefficient (Wildman–Crippen LogP) is 2.93. The Hall–Kier alpha value is -0.610. The fourth-order valence-electron chi connectivity index (χ4n) is 2.49. The zero-order valence-electron chi connectivity index (χ0n) is 10.9. The number of anilines is 1. The van der Waals surface area contributed by atoms with Crippen molar-refractivity contribution in [3.8, 4) is 0 Å². The van der Waals surface area contributed by atoms with Crippen molar-refractivity contribution < 1.29 is 0 Å². The molecule has 2 heterocycles. The molecular weight excluding hydrogens is 230 g/mol. The van der Waals surface area contributed by atoms with Gasteiger partial charge in [-0.15, -0.1) is 11.3 Å². The van der Waals surface area contributed by atoms with Crippen LogP contribution in [0.5, 0.6) is 0 Å². The largest absolute Gasteiger partial charge is 0.345 e. The molecule has 2 N–H and O–H groups in total. The fourth-order valence-corrected chi connectivity index (χ4v) is 3.64. The van der Waals surface area contributed by atoms with Gasteiger partial charge in [0.05, 0.1) is 5.69 Å². The van der Waals surface area contributed by atoms with E-state index in [2.05, 4.69) is 18.7 Å². The van der Waals surface area contributed by atoms with Gasteiger partial charge < -0.3 is 10.6 Å². The van der Waals surface area contributed by atoms with Gasteiger partial charge in [-0.25, -0.2) is 4.98 Å². The molecule has 1 aliphatic rings. The number of hydrogen-bond acceptors (Lipinski definition) is 4. The summed E-state index contributed by atoms with van der Waals surface area (Å²) in [7, 11) is 0. The Morgan fingerprint density at radius 1 is 1.41 bits per heavy atom. The lowest BCUT2D eigenvalue weighted by Crippen LogP contribution is -2.32. The van der Waals surface area contributed by atoms with E-state index in [9.17, 15) is 0 Å². The molecule has 0 bridgehead atoms. The van der Waals surface area contributed by atoms with Gasteiger partial charge in [-0.1, -0.05) is 19.8 Å². The van der Waals surface area contributed by atoms with Crippen LogP contribution in [0.1, 0.15) is 50.1 Å². The van der Waals surface area contributed by atoms with Crippen LogP contribution < -0.4 is 10.6 Å². The average Bonchev–Trinajstić information content (AvgIpc) is 2.64. The number of aryl methyl sites for hydroxylation is 1. The van der Waals surface area contributed by atoms with E-state index < -0.39 is 0 Å². The highest BCUT2D eigenvalue weighted by molar-refractivity contribution is 7.15. The van der Waals surface area contributed by atoms with Gasteiger partial charge in [0.15, 0.2) is 5.13 Å². The van der Waals surface area contributed by atoms with E-state index in [1.807, 2.05) is 0 Å². The first-order valence-corrected chi connectivity index (χ1v) is 7.53. The van der Waals surface area contributed by atoms with Gasteiger partial charge in [0.25, 0.3) is 0 Å². The van der Waals surface area contributed by atoms with Crippen molar-refractivity contribution in [3.63, 3.8) is 0 Å². The molecule has 1 aromatic rings. The molecule has 1 atom stereocenters. The van der Waals surface area contributed by atoms with Crippen molar-refractivity contribution in [2.45, 2.75) is 58.5 Å². The minimum atomic E-state index is 0.624. The number of hydrogen-bond donors (Lipinski definition) is 1. The van der Waals surface area contributed by atoms with Crippen molar-refractivity contribution >= 4 is 16.5 Å². The van der Waals surface area contributed by atoms with Crippen LogP contribution in [0.3, 0.4) is 0 Å². The Balaban J connectivity index is 2.22. The van der Waals surface area contributed by atoms with Gasteiger partial charge in [0.2, 0.25) is 0 Å². The average molecular weight is 253 g/mol. The quantitative estimate of drug-likeness (QED) is 0.900. The third-order valence-electron chi connectivity index (χ3n) is 3.59. The third kappa shape index (κ3) is 2.80. The molecule has 1 unspecified atom stereocenters. The Kier molecular flexibility index (Phi) is 4.40. The summed E-state index contributed by atoms with van der Waals surface area (Å²) in [6.45, 7) is 6.26. The van der Waals surface area contributed by atoms with E-state index in [1.165, 1.54) is 41.4 Å². The van der Waals surface area contributed by atoms with Crippen LogP contribution in [-0.2, 0) is 13.0 Å². The maximum absolute atomic E-state index is 5.79. The summed E-state index contributed by atoms with van der Waals surface area (Å²) in [4.78, 5) is 8.52. The second kappa shape index (κ2) is 5.83. The molecule has 3 nitrogen and oxygen atoms in total. The highest BCUT2D eigenvalue weighted by Gasteiger charge is 2.21. The molecule has 1 fully saturated rings. The summed E-state index contributed by atoms with van der Waals surface area (Å²) in [5, 5.41) is 1.19. The van der Waals surface area contributed by atoms with Crippen LogP contribution in [0, 0.1) is 0 Å². The van der Waals surface area contributed by atoms with Crippen LogP contribution in [0.25, 0.3) is 0 Å². The van der Waals surface area contributed by atoms with E-state index in [-0.39, 0.29) is 0 Å². The molecular formula is C13H23N3S. The molecule has 0 saturated carbocycles. The van der Waals surface area contributed by atoms with E-state index >= 15 is 0 Å². The Labute approximate surface area is 108 Å². The Morgan fingerprint density at radius 2 is 2.24 bits per heavy atom. The number of rotatable bonds is 3. The van der Waals surface area contributed by atoms with Crippen LogP contribution in [0.2, 0.25) is 0 Å². The van der Waals surface area contributed by atoms with Crippen molar-refractivity contribution in [2.24, 2.45) is 5.73 Å². The molecule has 1 saturated heterocycles. The van der Waals surface area contributed by atoms with Crippen molar-refractivity contribution in [2.75, 3.05) is 11.4 Å². The van der Waals surface area contributed by atoms with Gasteiger partial charge in [0.1, 0.15) is 0 Å². The minimum Gasteiger partial charge on any atom is -0.345 e. The van der Waals surface area contributed by atoms with Crippen molar-refractivity contribution in [1.29, 1.82) is 0 Å². The summed E-state index contributed by atoms with van der Waals surface area (Å²) in [5.41, 5.74) is 6.98.